The maximum atomic E-state index is 11.1. The van der Waals surface area contributed by atoms with E-state index in [2.05, 4.69) is 0 Å². The molecule has 12 nitrogen and oxygen atoms in total. The van der Waals surface area contributed by atoms with Crippen LogP contribution in [0.1, 0.15) is 6.92 Å². The van der Waals surface area contributed by atoms with Gasteiger partial charge in [0, 0.05) is 6.92 Å². The lowest BCUT2D eigenvalue weighted by Crippen LogP contribution is -2.64. The molecule has 2 fully saturated rings. The van der Waals surface area contributed by atoms with Crippen molar-refractivity contribution in [1.29, 1.82) is 0 Å². The van der Waals surface area contributed by atoms with E-state index in [1.165, 1.54) is 0 Å². The summed E-state index contributed by atoms with van der Waals surface area (Å²) < 4.78 is 20.4. The van der Waals surface area contributed by atoms with E-state index in [9.17, 15) is 40.5 Å². The van der Waals surface area contributed by atoms with Gasteiger partial charge >= 0.3 is 5.97 Å². The summed E-state index contributed by atoms with van der Waals surface area (Å²) >= 11 is 0. The second-order valence-corrected chi connectivity index (χ2v) is 6.11. The predicted molar refractivity (Wildman–Crippen MR) is 78.2 cm³/mol. The normalized spacial score (nSPS) is 46.8. The Bertz CT molecular complexity index is 471. The van der Waals surface area contributed by atoms with Gasteiger partial charge in [-0.3, -0.25) is 4.79 Å². The van der Waals surface area contributed by atoms with Crippen LogP contribution < -0.4 is 0 Å². The van der Waals surface area contributed by atoms with Gasteiger partial charge in [-0.25, -0.2) is 0 Å². The molecule has 0 bridgehead atoms. The average molecular weight is 384 g/mol. The molecule has 2 aliphatic rings. The van der Waals surface area contributed by atoms with Crippen molar-refractivity contribution in [2.75, 3.05) is 13.2 Å². The van der Waals surface area contributed by atoms with Crippen LogP contribution in [0, 0.1) is 0 Å². The topological polar surface area (TPSA) is 196 Å². The van der Waals surface area contributed by atoms with E-state index in [-0.39, 0.29) is 0 Å². The number of ether oxygens (including phenoxy) is 4. The first-order valence-electron chi connectivity index (χ1n) is 7.96. The fraction of sp³-hybridized carbons (Fsp3) is 0.929. The quantitative estimate of drug-likeness (QED) is 0.224. The summed E-state index contributed by atoms with van der Waals surface area (Å²) in [6.45, 7) is -0.309. The molecule has 7 N–H and O–H groups in total. The van der Waals surface area contributed by atoms with Crippen molar-refractivity contribution >= 4 is 5.97 Å². The van der Waals surface area contributed by atoms with Gasteiger partial charge in [0.15, 0.2) is 18.7 Å². The lowest BCUT2D eigenvalue weighted by molar-refractivity contribution is -0.355. The molecule has 2 saturated heterocycles. The Morgan fingerprint density at radius 3 is 1.92 bits per heavy atom. The van der Waals surface area contributed by atoms with Crippen molar-refractivity contribution in [3.05, 3.63) is 0 Å². The van der Waals surface area contributed by atoms with Gasteiger partial charge in [0.1, 0.15) is 42.7 Å². The zero-order valence-electron chi connectivity index (χ0n) is 13.9. The molecular formula is C14H24O12. The van der Waals surface area contributed by atoms with Crippen LogP contribution in [0.4, 0.5) is 0 Å². The largest absolute Gasteiger partial charge is 0.457 e. The molecule has 10 atom stereocenters. The SMILES string of the molecule is CC(=O)O[C@H]1[C@H](O)[C@@H](O)[C@H](O[C@H]2[C@H](O)[C@@H](O)C(O)O[C@@H]2CO)O[C@@H]1CO. The Morgan fingerprint density at radius 1 is 0.846 bits per heavy atom. The second kappa shape index (κ2) is 8.84. The number of carbonyl (C=O) groups excluding carboxylic acids is 1. The first-order chi connectivity index (χ1) is 12.2. The lowest BCUT2D eigenvalue weighted by atomic mass is 9.97. The summed E-state index contributed by atoms with van der Waals surface area (Å²) in [6, 6.07) is 0. The maximum Gasteiger partial charge on any atom is 0.303 e. The van der Waals surface area contributed by atoms with E-state index < -0.39 is 80.6 Å². The van der Waals surface area contributed by atoms with Crippen molar-refractivity contribution in [3.8, 4) is 0 Å². The molecule has 0 spiro atoms. The highest BCUT2D eigenvalue weighted by molar-refractivity contribution is 5.66. The van der Waals surface area contributed by atoms with Crippen LogP contribution in [-0.4, -0.2) is 116 Å². The molecule has 0 radical (unpaired) electrons. The first-order valence-corrected chi connectivity index (χ1v) is 7.96. The first kappa shape index (κ1) is 21.4. The van der Waals surface area contributed by atoms with Gasteiger partial charge < -0.3 is 54.7 Å². The number of rotatable bonds is 5. The highest BCUT2D eigenvalue weighted by Gasteiger charge is 2.51. The Kier molecular flexibility index (Phi) is 7.27. The standard InChI is InChI=1S/C14H24O12/c1-4(17)23-11-6(3-16)25-14(10(21)8(11)19)26-12-5(2-15)24-13(22)9(20)7(12)18/h5-16,18-22H,2-3H2,1H3/t5-,6-,7-,8-,9-,10-,11-,12-,13?,14+/m1/s1. The van der Waals surface area contributed by atoms with Gasteiger partial charge in [-0.15, -0.1) is 0 Å². The summed E-state index contributed by atoms with van der Waals surface area (Å²) in [6.07, 6.45) is -15.6. The Morgan fingerprint density at radius 2 is 1.38 bits per heavy atom. The van der Waals surface area contributed by atoms with Crippen LogP contribution in [0.5, 0.6) is 0 Å². The van der Waals surface area contributed by atoms with Gasteiger partial charge in [0.2, 0.25) is 0 Å². The van der Waals surface area contributed by atoms with Gasteiger partial charge in [-0.2, -0.15) is 0 Å². The molecule has 0 aromatic heterocycles. The highest BCUT2D eigenvalue weighted by atomic mass is 16.7. The van der Waals surface area contributed by atoms with Crippen molar-refractivity contribution < 1.29 is 59.5 Å². The Balaban J connectivity index is 2.14. The summed E-state index contributed by atoms with van der Waals surface area (Å²) in [5, 5.41) is 68.2. The van der Waals surface area contributed by atoms with E-state index in [4.69, 9.17) is 18.9 Å². The molecule has 0 aromatic carbocycles. The lowest BCUT2D eigenvalue weighted by Gasteiger charge is -2.45. The molecule has 2 rings (SSSR count). The minimum atomic E-state index is -1.76. The number of esters is 1. The number of hydrogen-bond acceptors (Lipinski definition) is 12. The van der Waals surface area contributed by atoms with Crippen LogP contribution in [0.15, 0.2) is 0 Å². The van der Waals surface area contributed by atoms with Gasteiger partial charge in [0.05, 0.1) is 13.2 Å². The summed E-state index contributed by atoms with van der Waals surface area (Å²) in [4.78, 5) is 11.1. The molecule has 12 heteroatoms. The molecule has 26 heavy (non-hydrogen) atoms. The fourth-order valence-corrected chi connectivity index (χ4v) is 2.89. The predicted octanol–water partition coefficient (Wildman–Crippen LogP) is -4.83. The fourth-order valence-electron chi connectivity index (χ4n) is 2.89. The molecule has 152 valence electrons. The van der Waals surface area contributed by atoms with Crippen molar-refractivity contribution in [2.45, 2.75) is 68.3 Å². The smallest absolute Gasteiger partial charge is 0.303 e. The van der Waals surface area contributed by atoms with Crippen molar-refractivity contribution in [1.82, 2.24) is 0 Å². The van der Waals surface area contributed by atoms with Crippen LogP contribution in [0.3, 0.4) is 0 Å². The summed E-state index contributed by atoms with van der Waals surface area (Å²) in [5.74, 6) is -0.767. The van der Waals surface area contributed by atoms with Crippen LogP contribution in [0.2, 0.25) is 0 Å². The van der Waals surface area contributed by atoms with E-state index >= 15 is 0 Å². The molecule has 2 aliphatic heterocycles. The minimum absolute atomic E-state index is 0.684. The molecule has 0 saturated carbocycles. The Hall–Kier alpha value is -0.930. The zero-order chi connectivity index (χ0) is 19.6. The summed E-state index contributed by atoms with van der Waals surface area (Å²) in [5.41, 5.74) is 0. The van der Waals surface area contributed by atoms with Gasteiger partial charge in [-0.1, -0.05) is 0 Å². The monoisotopic (exact) mass is 384 g/mol. The molecule has 0 aliphatic carbocycles. The maximum absolute atomic E-state index is 11.1. The van der Waals surface area contributed by atoms with Gasteiger partial charge in [0.25, 0.3) is 0 Å². The third-order valence-electron chi connectivity index (χ3n) is 4.25. The number of hydrogen-bond donors (Lipinski definition) is 7. The summed E-state index contributed by atoms with van der Waals surface area (Å²) in [7, 11) is 0. The van der Waals surface area contributed by atoms with Crippen LogP contribution >= 0.6 is 0 Å². The van der Waals surface area contributed by atoms with E-state index in [0.717, 1.165) is 6.92 Å². The van der Waals surface area contributed by atoms with E-state index in [1.807, 2.05) is 0 Å². The second-order valence-electron chi connectivity index (χ2n) is 6.11. The minimum Gasteiger partial charge on any atom is -0.457 e. The third kappa shape index (κ3) is 4.31. The highest BCUT2D eigenvalue weighted by Crippen LogP contribution is 2.29. The van der Waals surface area contributed by atoms with E-state index in [0.29, 0.717) is 0 Å². The molecule has 0 amide bonds. The van der Waals surface area contributed by atoms with E-state index in [1.54, 1.807) is 0 Å². The average Bonchev–Trinajstić information content (AvgIpc) is 2.60. The van der Waals surface area contributed by atoms with Crippen LogP contribution in [0.25, 0.3) is 0 Å². The molecular weight excluding hydrogens is 360 g/mol. The van der Waals surface area contributed by atoms with Crippen molar-refractivity contribution in [3.63, 3.8) is 0 Å². The molecule has 1 unspecified atom stereocenters. The zero-order valence-corrected chi connectivity index (χ0v) is 13.9. The van der Waals surface area contributed by atoms with Crippen molar-refractivity contribution in [2.24, 2.45) is 0 Å². The molecule has 2 heterocycles. The van der Waals surface area contributed by atoms with Crippen LogP contribution in [-0.2, 0) is 23.7 Å². The van der Waals surface area contributed by atoms with Gasteiger partial charge in [-0.05, 0) is 0 Å². The molecule has 0 aromatic rings. The number of carbonyl (C=O) groups is 1. The number of aliphatic hydroxyl groups is 7. The Labute approximate surface area is 148 Å². The number of aliphatic hydroxyl groups excluding tert-OH is 7. The third-order valence-corrected chi connectivity index (χ3v) is 4.25.